The second-order valence-electron chi connectivity index (χ2n) is 7.24. The van der Waals surface area contributed by atoms with Crippen molar-refractivity contribution in [3.8, 4) is 0 Å². The molecule has 0 fully saturated rings. The van der Waals surface area contributed by atoms with Crippen LogP contribution in [0.5, 0.6) is 0 Å². The first-order valence-corrected chi connectivity index (χ1v) is 9.16. The monoisotopic (exact) mass is 374 g/mol. The van der Waals surface area contributed by atoms with E-state index < -0.39 is 11.8 Å². The maximum atomic E-state index is 9.48. The predicted octanol–water partition coefficient (Wildman–Crippen LogP) is 2.93. The third-order valence-corrected chi connectivity index (χ3v) is 4.84. The van der Waals surface area contributed by atoms with E-state index >= 15 is 0 Å². The summed E-state index contributed by atoms with van der Waals surface area (Å²) in [5.74, 6) is -3.93. The summed E-state index contributed by atoms with van der Waals surface area (Å²) in [5, 5.41) is 43.2. The molecule has 2 rings (SSSR count). The molecular weight excluding hydrogens is 344 g/mol. The van der Waals surface area contributed by atoms with Gasteiger partial charge in [-0.25, -0.2) is 0 Å². The molecule has 0 spiro atoms. The Morgan fingerprint density at radius 1 is 0.630 bits per heavy atom. The molecular formula is C21H30N2O4. The van der Waals surface area contributed by atoms with E-state index in [1.54, 1.807) is 0 Å². The van der Waals surface area contributed by atoms with Crippen molar-refractivity contribution in [3.63, 3.8) is 0 Å². The third-order valence-electron chi connectivity index (χ3n) is 4.84. The van der Waals surface area contributed by atoms with Crippen molar-refractivity contribution < 1.29 is 20.4 Å². The van der Waals surface area contributed by atoms with E-state index in [0.29, 0.717) is 11.4 Å². The molecule has 6 heteroatoms. The zero-order valence-corrected chi connectivity index (χ0v) is 16.3. The molecule has 6 N–H and O–H groups in total. The molecule has 0 heterocycles. The number of benzene rings is 2. The average Bonchev–Trinajstić information content (AvgIpc) is 2.56. The van der Waals surface area contributed by atoms with Crippen LogP contribution in [-0.4, -0.2) is 32.2 Å². The van der Waals surface area contributed by atoms with Crippen LogP contribution in [0.4, 0.5) is 11.4 Å². The molecule has 0 aliphatic heterocycles. The third kappa shape index (κ3) is 5.43. The van der Waals surface area contributed by atoms with E-state index in [1.807, 2.05) is 48.5 Å². The number of hydrogen-bond acceptors (Lipinski definition) is 6. The largest absolute Gasteiger partial charge is 0.349 e. The summed E-state index contributed by atoms with van der Waals surface area (Å²) in [4.78, 5) is 0. The topological polar surface area (TPSA) is 105 Å². The lowest BCUT2D eigenvalue weighted by Crippen LogP contribution is -2.33. The second-order valence-corrected chi connectivity index (χ2v) is 7.24. The Morgan fingerprint density at radius 2 is 0.926 bits per heavy atom. The van der Waals surface area contributed by atoms with Crippen molar-refractivity contribution in [1.82, 2.24) is 0 Å². The van der Waals surface area contributed by atoms with Crippen molar-refractivity contribution >= 4 is 11.4 Å². The lowest BCUT2D eigenvalue weighted by Gasteiger charge is -2.34. The van der Waals surface area contributed by atoms with Crippen LogP contribution < -0.4 is 10.6 Å². The molecule has 0 saturated carbocycles. The smallest absolute Gasteiger partial charge is 0.241 e. The Morgan fingerprint density at radius 3 is 1.15 bits per heavy atom. The van der Waals surface area contributed by atoms with Gasteiger partial charge in [0.2, 0.25) is 11.8 Å². The highest BCUT2D eigenvalue weighted by Gasteiger charge is 2.30. The molecule has 0 atom stereocenters. The lowest BCUT2D eigenvalue weighted by atomic mass is 9.70. The van der Waals surface area contributed by atoms with E-state index in [2.05, 4.69) is 24.5 Å². The molecule has 148 valence electrons. The number of nitrogens with one attached hydrogen (secondary N) is 2. The van der Waals surface area contributed by atoms with Gasteiger partial charge in [-0.2, -0.15) is 0 Å². The van der Waals surface area contributed by atoms with E-state index in [4.69, 9.17) is 0 Å². The molecule has 0 aromatic heterocycles. The summed E-state index contributed by atoms with van der Waals surface area (Å²) in [6, 6.07) is 15.3. The summed E-state index contributed by atoms with van der Waals surface area (Å²) in [6.07, 6.45) is 1.77. The van der Waals surface area contributed by atoms with Gasteiger partial charge in [0.05, 0.1) is 0 Å². The predicted molar refractivity (Wildman–Crippen MR) is 107 cm³/mol. The highest BCUT2D eigenvalue weighted by Crippen LogP contribution is 2.39. The minimum Gasteiger partial charge on any atom is -0.349 e. The van der Waals surface area contributed by atoms with Gasteiger partial charge in [-0.15, -0.1) is 0 Å². The van der Waals surface area contributed by atoms with Gasteiger partial charge in [-0.3, -0.25) is 0 Å². The summed E-state index contributed by atoms with van der Waals surface area (Å²) in [6.45, 7) is 6.81. The van der Waals surface area contributed by atoms with Crippen LogP contribution >= 0.6 is 0 Å². The van der Waals surface area contributed by atoms with Gasteiger partial charge in [-0.1, -0.05) is 38.1 Å². The Kier molecular flexibility index (Phi) is 6.17. The molecule has 0 saturated heterocycles. The van der Waals surface area contributed by atoms with E-state index in [9.17, 15) is 20.4 Å². The van der Waals surface area contributed by atoms with Gasteiger partial charge < -0.3 is 31.1 Å². The minimum absolute atomic E-state index is 0.194. The average molecular weight is 374 g/mol. The van der Waals surface area contributed by atoms with Gasteiger partial charge in [0, 0.05) is 30.6 Å². The first-order chi connectivity index (χ1) is 12.5. The standard InChI is InChI=1S/C21H30N2O4/c1-5-21(6-2,15-7-11-17(12-8-15)22-19(3,24)25)16-9-13-18(14-10-16)23-20(4,26)27/h7-14,22-27H,5-6H2,1-4H3. The van der Waals surface area contributed by atoms with Crippen LogP contribution in [0.15, 0.2) is 48.5 Å². The van der Waals surface area contributed by atoms with Crippen LogP contribution in [0, 0.1) is 0 Å². The number of hydrogen-bond donors (Lipinski definition) is 6. The Hall–Kier alpha value is -2.12. The molecule has 2 aromatic carbocycles. The fourth-order valence-electron chi connectivity index (χ4n) is 3.53. The van der Waals surface area contributed by atoms with Gasteiger partial charge in [0.15, 0.2) is 0 Å². The minimum atomic E-state index is -1.97. The van der Waals surface area contributed by atoms with Crippen LogP contribution in [-0.2, 0) is 5.41 Å². The van der Waals surface area contributed by atoms with Crippen LogP contribution in [0.3, 0.4) is 0 Å². The van der Waals surface area contributed by atoms with Crippen LogP contribution in [0.2, 0.25) is 0 Å². The number of aliphatic hydroxyl groups is 4. The normalized spacial score (nSPS) is 12.7. The number of anilines is 2. The first kappa shape index (κ1) is 21.2. The quantitative estimate of drug-likeness (QED) is 0.397. The van der Waals surface area contributed by atoms with E-state index in [0.717, 1.165) is 24.0 Å². The fraction of sp³-hybridized carbons (Fsp3) is 0.429. The molecule has 6 nitrogen and oxygen atoms in total. The van der Waals surface area contributed by atoms with Gasteiger partial charge in [0.1, 0.15) is 0 Å². The van der Waals surface area contributed by atoms with Crippen LogP contribution in [0.1, 0.15) is 51.7 Å². The van der Waals surface area contributed by atoms with Crippen molar-refractivity contribution in [2.75, 3.05) is 10.6 Å². The van der Waals surface area contributed by atoms with E-state index in [-0.39, 0.29) is 5.41 Å². The second kappa shape index (κ2) is 7.86. The Balaban J connectivity index is 2.34. The van der Waals surface area contributed by atoms with Gasteiger partial charge in [-0.05, 0) is 48.2 Å². The molecule has 27 heavy (non-hydrogen) atoms. The Bertz CT molecular complexity index is 663. The molecule has 2 aromatic rings. The zero-order chi connectivity index (χ0) is 20.3. The van der Waals surface area contributed by atoms with Gasteiger partial charge in [0.25, 0.3) is 0 Å². The van der Waals surface area contributed by atoms with Crippen LogP contribution in [0.25, 0.3) is 0 Å². The molecule has 0 aliphatic rings. The lowest BCUT2D eigenvalue weighted by molar-refractivity contribution is -0.119. The first-order valence-electron chi connectivity index (χ1n) is 9.16. The zero-order valence-electron chi connectivity index (χ0n) is 16.3. The van der Waals surface area contributed by atoms with Crippen molar-refractivity contribution in [1.29, 1.82) is 0 Å². The van der Waals surface area contributed by atoms with Crippen molar-refractivity contribution in [2.24, 2.45) is 0 Å². The summed E-state index contributed by atoms with van der Waals surface area (Å²) in [5.41, 5.74) is 3.31. The molecule has 0 radical (unpaired) electrons. The molecule has 0 aliphatic carbocycles. The maximum Gasteiger partial charge on any atom is 0.241 e. The SMILES string of the molecule is CCC(CC)(c1ccc(NC(C)(O)O)cc1)c1ccc(NC(C)(O)O)cc1. The number of rotatable bonds is 8. The van der Waals surface area contributed by atoms with Crippen molar-refractivity contribution in [3.05, 3.63) is 59.7 Å². The highest BCUT2D eigenvalue weighted by atomic mass is 16.5. The maximum absolute atomic E-state index is 9.48. The molecule has 0 amide bonds. The summed E-state index contributed by atoms with van der Waals surface area (Å²) < 4.78 is 0. The summed E-state index contributed by atoms with van der Waals surface area (Å²) in [7, 11) is 0. The van der Waals surface area contributed by atoms with Gasteiger partial charge >= 0.3 is 0 Å². The summed E-state index contributed by atoms with van der Waals surface area (Å²) >= 11 is 0. The van der Waals surface area contributed by atoms with Crippen molar-refractivity contribution in [2.45, 2.75) is 57.8 Å². The Labute approximate surface area is 160 Å². The fourth-order valence-corrected chi connectivity index (χ4v) is 3.53. The molecule has 0 unspecified atom stereocenters. The van der Waals surface area contributed by atoms with E-state index in [1.165, 1.54) is 13.8 Å². The highest BCUT2D eigenvalue weighted by molar-refractivity contribution is 5.52. The molecule has 0 bridgehead atoms.